The lowest BCUT2D eigenvalue weighted by Crippen LogP contribution is -2.36. The Labute approximate surface area is 60.8 Å². The first-order chi connectivity index (χ1) is 5.00. The minimum Gasteiger partial charge on any atom is -0.307 e. The van der Waals surface area contributed by atoms with Crippen molar-refractivity contribution in [1.29, 1.82) is 0 Å². The first-order valence-electron chi connectivity index (χ1n) is 2.83. The number of rotatable bonds is 0. The second-order valence-electron chi connectivity index (χ2n) is 2.03. The van der Waals surface area contributed by atoms with Gasteiger partial charge in [-0.2, -0.15) is 18.3 Å². The van der Waals surface area contributed by atoms with Crippen LogP contribution in [0, 0.1) is 0 Å². The van der Waals surface area contributed by atoms with Crippen molar-refractivity contribution in [1.82, 2.24) is 5.43 Å². The molecule has 0 amide bonds. The molecule has 0 radical (unpaired) electrons. The van der Waals surface area contributed by atoms with Crippen molar-refractivity contribution in [3.8, 4) is 0 Å². The maximum Gasteiger partial charge on any atom is 0.417 e. The van der Waals surface area contributed by atoms with E-state index in [1.807, 2.05) is 0 Å². The SMILES string of the molecule is NC1C=C(C(F)(F)F)C=NN1. The molecule has 62 valence electrons. The van der Waals surface area contributed by atoms with E-state index in [-0.39, 0.29) is 0 Å². The monoisotopic (exact) mass is 165 g/mol. The third-order valence-corrected chi connectivity index (χ3v) is 1.11. The van der Waals surface area contributed by atoms with Crippen molar-refractivity contribution in [3.05, 3.63) is 11.6 Å². The molecule has 1 aliphatic rings. The number of nitrogens with zero attached hydrogens (tertiary/aromatic N) is 1. The van der Waals surface area contributed by atoms with Gasteiger partial charge in [0.25, 0.3) is 0 Å². The van der Waals surface area contributed by atoms with E-state index in [0.29, 0.717) is 6.21 Å². The highest BCUT2D eigenvalue weighted by atomic mass is 19.4. The van der Waals surface area contributed by atoms with Crippen LogP contribution in [0.5, 0.6) is 0 Å². The Bertz CT molecular complexity index is 206. The molecule has 6 heteroatoms. The lowest BCUT2D eigenvalue weighted by atomic mass is 10.2. The Balaban J connectivity index is 2.80. The number of hydrogen-bond acceptors (Lipinski definition) is 3. The van der Waals surface area contributed by atoms with E-state index in [1.54, 1.807) is 0 Å². The molecule has 0 aromatic carbocycles. The van der Waals surface area contributed by atoms with Gasteiger partial charge in [0.1, 0.15) is 6.17 Å². The van der Waals surface area contributed by atoms with Gasteiger partial charge in [-0.3, -0.25) is 5.43 Å². The smallest absolute Gasteiger partial charge is 0.307 e. The highest BCUT2D eigenvalue weighted by Crippen LogP contribution is 2.24. The molecule has 1 rings (SSSR count). The predicted octanol–water partition coefficient (Wildman–Crippen LogP) is 0.349. The molecule has 0 aliphatic carbocycles. The van der Waals surface area contributed by atoms with Crippen molar-refractivity contribution < 1.29 is 13.2 Å². The molecule has 1 unspecified atom stereocenters. The van der Waals surface area contributed by atoms with Crippen LogP contribution >= 0.6 is 0 Å². The van der Waals surface area contributed by atoms with Crippen LogP contribution in [0.3, 0.4) is 0 Å². The number of halogens is 3. The van der Waals surface area contributed by atoms with Crippen molar-refractivity contribution >= 4 is 6.21 Å². The first-order valence-corrected chi connectivity index (χ1v) is 2.83. The summed E-state index contributed by atoms with van der Waals surface area (Å²) in [6.45, 7) is 0. The maximum atomic E-state index is 11.9. The fourth-order valence-electron chi connectivity index (χ4n) is 0.634. The molecule has 11 heavy (non-hydrogen) atoms. The summed E-state index contributed by atoms with van der Waals surface area (Å²) in [5.74, 6) is 0. The van der Waals surface area contributed by atoms with Crippen LogP contribution in [0.2, 0.25) is 0 Å². The maximum absolute atomic E-state index is 11.9. The molecular formula is C5H6F3N3. The third-order valence-electron chi connectivity index (χ3n) is 1.11. The van der Waals surface area contributed by atoms with E-state index in [0.717, 1.165) is 6.08 Å². The van der Waals surface area contributed by atoms with Gasteiger partial charge in [0.05, 0.1) is 11.8 Å². The van der Waals surface area contributed by atoms with Crippen molar-refractivity contribution in [2.75, 3.05) is 0 Å². The third kappa shape index (κ3) is 1.94. The van der Waals surface area contributed by atoms with Gasteiger partial charge in [-0.1, -0.05) is 0 Å². The second kappa shape index (κ2) is 2.54. The fraction of sp³-hybridized carbons (Fsp3) is 0.400. The molecule has 0 spiro atoms. The summed E-state index contributed by atoms with van der Waals surface area (Å²) in [5.41, 5.74) is 6.56. The van der Waals surface area contributed by atoms with Gasteiger partial charge < -0.3 is 5.73 Å². The van der Waals surface area contributed by atoms with E-state index >= 15 is 0 Å². The quantitative estimate of drug-likeness (QED) is 0.544. The molecule has 0 saturated heterocycles. The Hall–Kier alpha value is -1.04. The van der Waals surface area contributed by atoms with Gasteiger partial charge in [-0.15, -0.1) is 0 Å². The Kier molecular flexibility index (Phi) is 1.86. The van der Waals surface area contributed by atoms with Gasteiger partial charge in [0.15, 0.2) is 0 Å². The topological polar surface area (TPSA) is 50.4 Å². The summed E-state index contributed by atoms with van der Waals surface area (Å²) in [6, 6.07) is 0. The van der Waals surface area contributed by atoms with Gasteiger partial charge in [-0.05, 0) is 6.08 Å². The largest absolute Gasteiger partial charge is 0.417 e. The zero-order valence-electron chi connectivity index (χ0n) is 5.39. The number of allylic oxidation sites excluding steroid dienone is 1. The minimum absolute atomic E-state index is 0.698. The van der Waals surface area contributed by atoms with Crippen LogP contribution in [0.1, 0.15) is 0 Å². The molecule has 0 bridgehead atoms. The Morgan fingerprint density at radius 2 is 2.18 bits per heavy atom. The lowest BCUT2D eigenvalue weighted by molar-refractivity contribution is -0.0862. The molecule has 0 aromatic heterocycles. The molecule has 1 heterocycles. The summed E-state index contributed by atoms with van der Waals surface area (Å²) in [6.07, 6.45) is -3.64. The highest BCUT2D eigenvalue weighted by molar-refractivity contribution is 5.80. The number of nitrogens with one attached hydrogen (secondary N) is 1. The van der Waals surface area contributed by atoms with Crippen molar-refractivity contribution in [3.63, 3.8) is 0 Å². The number of hydrogen-bond donors (Lipinski definition) is 2. The van der Waals surface area contributed by atoms with Crippen LogP contribution in [0.4, 0.5) is 13.2 Å². The molecule has 1 atom stereocenters. The summed E-state index contributed by atoms with van der Waals surface area (Å²) in [4.78, 5) is 0. The van der Waals surface area contributed by atoms with Crippen LogP contribution in [0.25, 0.3) is 0 Å². The molecule has 0 aromatic rings. The van der Waals surface area contributed by atoms with E-state index in [4.69, 9.17) is 5.73 Å². The van der Waals surface area contributed by atoms with Crippen LogP contribution in [-0.2, 0) is 0 Å². The Morgan fingerprint density at radius 3 is 2.55 bits per heavy atom. The average Bonchev–Trinajstić information content (AvgIpc) is 1.86. The van der Waals surface area contributed by atoms with E-state index in [1.165, 1.54) is 0 Å². The zero-order valence-corrected chi connectivity index (χ0v) is 5.39. The minimum atomic E-state index is -4.36. The number of alkyl halides is 3. The van der Waals surface area contributed by atoms with Crippen LogP contribution in [-0.4, -0.2) is 18.6 Å². The molecule has 0 saturated carbocycles. The molecule has 3 N–H and O–H groups in total. The average molecular weight is 165 g/mol. The summed E-state index contributed by atoms with van der Waals surface area (Å²) < 4.78 is 35.6. The summed E-state index contributed by atoms with van der Waals surface area (Å²) >= 11 is 0. The van der Waals surface area contributed by atoms with Gasteiger partial charge >= 0.3 is 6.18 Å². The first kappa shape index (κ1) is 8.06. The van der Waals surface area contributed by atoms with Crippen LogP contribution in [0.15, 0.2) is 16.8 Å². The molecular weight excluding hydrogens is 159 g/mol. The fourth-order valence-corrected chi connectivity index (χ4v) is 0.634. The molecule has 3 nitrogen and oxygen atoms in total. The second-order valence-corrected chi connectivity index (χ2v) is 2.03. The number of hydrazone groups is 1. The zero-order chi connectivity index (χ0) is 8.48. The van der Waals surface area contributed by atoms with Gasteiger partial charge in [0.2, 0.25) is 0 Å². The molecule has 0 fully saturated rings. The van der Waals surface area contributed by atoms with Crippen LogP contribution < -0.4 is 11.2 Å². The van der Waals surface area contributed by atoms with Crippen molar-refractivity contribution in [2.45, 2.75) is 12.3 Å². The summed E-state index contributed by atoms with van der Waals surface area (Å²) in [7, 11) is 0. The highest BCUT2D eigenvalue weighted by Gasteiger charge is 2.33. The van der Waals surface area contributed by atoms with E-state index < -0.39 is 17.9 Å². The molecule has 1 aliphatic heterocycles. The lowest BCUT2D eigenvalue weighted by Gasteiger charge is -2.15. The predicted molar refractivity (Wildman–Crippen MR) is 33.7 cm³/mol. The van der Waals surface area contributed by atoms with Gasteiger partial charge in [-0.25, -0.2) is 0 Å². The number of nitrogens with two attached hydrogens (primary N) is 1. The normalized spacial score (nSPS) is 24.4. The van der Waals surface area contributed by atoms with E-state index in [9.17, 15) is 13.2 Å². The summed E-state index contributed by atoms with van der Waals surface area (Å²) in [5, 5.41) is 3.22. The Morgan fingerprint density at radius 1 is 1.55 bits per heavy atom. The standard InChI is InChI=1S/C5H6F3N3/c6-5(7,8)3-1-4(9)11-10-2-3/h1-2,4,11H,9H2. The van der Waals surface area contributed by atoms with Crippen molar-refractivity contribution in [2.24, 2.45) is 10.8 Å². The van der Waals surface area contributed by atoms with E-state index in [2.05, 4.69) is 10.5 Å². The van der Waals surface area contributed by atoms with Gasteiger partial charge in [0, 0.05) is 0 Å².